The van der Waals surface area contributed by atoms with E-state index in [2.05, 4.69) is 33.0 Å². The van der Waals surface area contributed by atoms with Gasteiger partial charge in [0.1, 0.15) is 0 Å². The molecule has 1 rings (SSSR count). The molecule has 0 saturated heterocycles. The molecule has 0 aromatic heterocycles. The summed E-state index contributed by atoms with van der Waals surface area (Å²) in [6, 6.07) is 0. The van der Waals surface area contributed by atoms with Crippen molar-refractivity contribution in [1.82, 2.24) is 5.32 Å². The summed E-state index contributed by atoms with van der Waals surface area (Å²) < 4.78 is 0. The Balaban J connectivity index is 2.54. The van der Waals surface area contributed by atoms with Crippen LogP contribution in [0.5, 0.6) is 0 Å². The Morgan fingerprint density at radius 3 is 2.44 bits per heavy atom. The maximum absolute atomic E-state index is 12.3. The molecule has 1 aliphatic carbocycles. The van der Waals surface area contributed by atoms with Crippen LogP contribution in [0.4, 0.5) is 0 Å². The fraction of sp³-hybridized carbons (Fsp3) is 0.933. The van der Waals surface area contributed by atoms with Crippen molar-refractivity contribution in [2.75, 3.05) is 6.54 Å². The first-order valence-corrected chi connectivity index (χ1v) is 7.41. The second-order valence-corrected chi connectivity index (χ2v) is 6.57. The van der Waals surface area contributed by atoms with Gasteiger partial charge in [-0.1, -0.05) is 40.5 Å². The molecular formula is C15H30N2O. The Morgan fingerprint density at radius 1 is 1.33 bits per heavy atom. The molecule has 0 radical (unpaired) electrons. The van der Waals surface area contributed by atoms with Crippen molar-refractivity contribution >= 4 is 5.91 Å². The van der Waals surface area contributed by atoms with Gasteiger partial charge < -0.3 is 11.1 Å². The normalized spacial score (nSPS) is 23.7. The number of nitrogens with two attached hydrogens (primary N) is 1. The van der Waals surface area contributed by atoms with Crippen molar-refractivity contribution in [3.63, 3.8) is 0 Å². The fourth-order valence-electron chi connectivity index (χ4n) is 2.87. The predicted octanol–water partition coefficient (Wildman–Crippen LogP) is 2.84. The Bertz CT molecular complexity index is 282. The van der Waals surface area contributed by atoms with Crippen molar-refractivity contribution in [3.8, 4) is 0 Å². The van der Waals surface area contributed by atoms with Gasteiger partial charge in [-0.05, 0) is 31.1 Å². The molecule has 1 amide bonds. The number of carbonyl (C=O) groups is 1. The molecule has 3 nitrogen and oxygen atoms in total. The average molecular weight is 254 g/mol. The average Bonchev–Trinajstić information content (AvgIpc) is 2.35. The third-order valence-electron chi connectivity index (χ3n) is 4.85. The first-order valence-electron chi connectivity index (χ1n) is 7.41. The highest BCUT2D eigenvalue weighted by Crippen LogP contribution is 2.40. The number of carbonyl (C=O) groups excluding carboxylic acids is 1. The standard InChI is InChI=1S/C15H30N2O/c1-5-15(16,6-2)11-17-13(18)12-9-7-8-10-14(12,3)4/h12H,5-11,16H2,1-4H3,(H,17,18). The largest absolute Gasteiger partial charge is 0.354 e. The maximum Gasteiger partial charge on any atom is 0.223 e. The molecule has 0 aromatic carbocycles. The zero-order valence-corrected chi connectivity index (χ0v) is 12.5. The lowest BCUT2D eigenvalue weighted by molar-refractivity contribution is -0.130. The molecule has 3 heteroatoms. The minimum atomic E-state index is -0.242. The molecule has 1 fully saturated rings. The smallest absolute Gasteiger partial charge is 0.223 e. The third-order valence-corrected chi connectivity index (χ3v) is 4.85. The monoisotopic (exact) mass is 254 g/mol. The van der Waals surface area contributed by atoms with Crippen molar-refractivity contribution < 1.29 is 4.79 Å². The number of hydrogen-bond donors (Lipinski definition) is 2. The lowest BCUT2D eigenvalue weighted by Gasteiger charge is -2.38. The molecule has 0 spiro atoms. The van der Waals surface area contributed by atoms with Crippen LogP contribution in [0.2, 0.25) is 0 Å². The number of hydrogen-bond acceptors (Lipinski definition) is 2. The first kappa shape index (κ1) is 15.5. The van der Waals surface area contributed by atoms with E-state index in [0.29, 0.717) is 6.54 Å². The second kappa shape index (κ2) is 6.05. The summed E-state index contributed by atoms with van der Waals surface area (Å²) in [4.78, 5) is 12.3. The summed E-state index contributed by atoms with van der Waals surface area (Å²) >= 11 is 0. The van der Waals surface area contributed by atoms with Crippen molar-refractivity contribution in [2.24, 2.45) is 17.1 Å². The molecule has 1 atom stereocenters. The Hall–Kier alpha value is -0.570. The van der Waals surface area contributed by atoms with Crippen molar-refractivity contribution in [3.05, 3.63) is 0 Å². The van der Waals surface area contributed by atoms with Gasteiger partial charge in [0.15, 0.2) is 0 Å². The summed E-state index contributed by atoms with van der Waals surface area (Å²) in [5.41, 5.74) is 6.12. The highest BCUT2D eigenvalue weighted by atomic mass is 16.1. The fourth-order valence-corrected chi connectivity index (χ4v) is 2.87. The van der Waals surface area contributed by atoms with Gasteiger partial charge >= 0.3 is 0 Å². The van der Waals surface area contributed by atoms with E-state index >= 15 is 0 Å². The highest BCUT2D eigenvalue weighted by Gasteiger charge is 2.37. The summed E-state index contributed by atoms with van der Waals surface area (Å²) in [7, 11) is 0. The lowest BCUT2D eigenvalue weighted by atomic mass is 9.68. The summed E-state index contributed by atoms with van der Waals surface area (Å²) in [6.45, 7) is 9.20. The molecular weight excluding hydrogens is 224 g/mol. The van der Waals surface area contributed by atoms with Crippen LogP contribution >= 0.6 is 0 Å². The zero-order valence-electron chi connectivity index (χ0n) is 12.5. The number of rotatable bonds is 5. The van der Waals surface area contributed by atoms with Crippen molar-refractivity contribution in [1.29, 1.82) is 0 Å². The van der Waals surface area contributed by atoms with E-state index in [-0.39, 0.29) is 22.8 Å². The van der Waals surface area contributed by atoms with Crippen LogP contribution in [-0.4, -0.2) is 18.0 Å². The van der Waals surface area contributed by atoms with Crippen molar-refractivity contribution in [2.45, 2.75) is 71.8 Å². The van der Waals surface area contributed by atoms with Gasteiger partial charge in [-0.2, -0.15) is 0 Å². The van der Waals surface area contributed by atoms with E-state index in [1.807, 2.05) is 0 Å². The molecule has 0 aliphatic heterocycles. The Labute approximate surface area is 112 Å². The molecule has 0 aromatic rings. The second-order valence-electron chi connectivity index (χ2n) is 6.57. The first-order chi connectivity index (χ1) is 8.34. The summed E-state index contributed by atoms with van der Waals surface area (Å²) in [5.74, 6) is 0.362. The van der Waals surface area contributed by atoms with E-state index in [4.69, 9.17) is 5.73 Å². The molecule has 0 heterocycles. The van der Waals surface area contributed by atoms with E-state index < -0.39 is 0 Å². The Morgan fingerprint density at radius 2 is 1.94 bits per heavy atom. The lowest BCUT2D eigenvalue weighted by Crippen LogP contribution is -2.51. The van der Waals surface area contributed by atoms with Gasteiger partial charge in [-0.3, -0.25) is 4.79 Å². The quantitative estimate of drug-likeness (QED) is 0.792. The topological polar surface area (TPSA) is 55.1 Å². The van der Waals surface area contributed by atoms with Gasteiger partial charge in [0.2, 0.25) is 5.91 Å². The van der Waals surface area contributed by atoms with Crippen LogP contribution in [0.3, 0.4) is 0 Å². The molecule has 0 bridgehead atoms. The van der Waals surface area contributed by atoms with E-state index in [9.17, 15) is 4.79 Å². The minimum Gasteiger partial charge on any atom is -0.354 e. The molecule has 3 N–H and O–H groups in total. The van der Waals surface area contributed by atoms with Crippen LogP contribution in [0.15, 0.2) is 0 Å². The van der Waals surface area contributed by atoms with E-state index in [1.54, 1.807) is 0 Å². The van der Waals surface area contributed by atoms with Gasteiger partial charge in [0.05, 0.1) is 0 Å². The van der Waals surface area contributed by atoms with Gasteiger partial charge in [0.25, 0.3) is 0 Å². The molecule has 1 aliphatic rings. The molecule has 18 heavy (non-hydrogen) atoms. The third kappa shape index (κ3) is 3.71. The number of amides is 1. The zero-order chi connectivity index (χ0) is 13.8. The highest BCUT2D eigenvalue weighted by molar-refractivity contribution is 5.79. The Kier molecular flexibility index (Phi) is 5.20. The molecule has 106 valence electrons. The maximum atomic E-state index is 12.3. The minimum absolute atomic E-state index is 0.137. The SMILES string of the molecule is CCC(N)(CC)CNC(=O)C1CCCCC1(C)C. The van der Waals surface area contributed by atoms with Gasteiger partial charge in [-0.25, -0.2) is 0 Å². The molecule has 1 saturated carbocycles. The number of nitrogens with one attached hydrogen (secondary N) is 1. The summed E-state index contributed by atoms with van der Waals surface area (Å²) in [5, 5.41) is 3.09. The van der Waals surface area contributed by atoms with Crippen LogP contribution in [-0.2, 0) is 4.79 Å². The van der Waals surface area contributed by atoms with Crippen LogP contribution < -0.4 is 11.1 Å². The van der Waals surface area contributed by atoms with Gasteiger partial charge in [-0.15, -0.1) is 0 Å². The van der Waals surface area contributed by atoms with E-state index in [1.165, 1.54) is 12.8 Å². The summed E-state index contributed by atoms with van der Waals surface area (Å²) in [6.07, 6.45) is 6.41. The predicted molar refractivity (Wildman–Crippen MR) is 76.2 cm³/mol. The van der Waals surface area contributed by atoms with E-state index in [0.717, 1.165) is 25.7 Å². The van der Waals surface area contributed by atoms with Gasteiger partial charge in [0, 0.05) is 18.0 Å². The van der Waals surface area contributed by atoms with Crippen LogP contribution in [0.1, 0.15) is 66.2 Å². The molecule has 1 unspecified atom stereocenters. The van der Waals surface area contributed by atoms with Crippen LogP contribution in [0.25, 0.3) is 0 Å². The van der Waals surface area contributed by atoms with Crippen LogP contribution in [0, 0.1) is 11.3 Å².